The van der Waals surface area contributed by atoms with E-state index >= 15 is 0 Å². The van der Waals surface area contributed by atoms with E-state index in [-0.39, 0.29) is 11.8 Å². The molecule has 130 valence electrons. The molecular weight excluding hydrogens is 360 g/mol. The first-order valence-electron chi connectivity index (χ1n) is 7.89. The van der Waals surface area contributed by atoms with E-state index in [1.807, 2.05) is 39.8 Å². The number of carbonyl (C=O) groups excluding carboxylic acids is 1. The molecule has 23 heavy (non-hydrogen) atoms. The van der Waals surface area contributed by atoms with E-state index in [2.05, 4.69) is 21.2 Å². The number of nitrogens with zero attached hydrogens (tertiary/aromatic N) is 1. The fourth-order valence-electron chi connectivity index (χ4n) is 2.00. The maximum absolute atomic E-state index is 12.1. The highest BCUT2D eigenvalue weighted by molar-refractivity contribution is 9.10. The molecule has 0 atom stereocenters. The van der Waals surface area contributed by atoms with Crippen molar-refractivity contribution in [3.63, 3.8) is 0 Å². The number of phenolic OH excluding ortho intramolecular Hbond substituents is 1. The maximum Gasteiger partial charge on any atom is 0.410 e. The number of phenols is 1. The summed E-state index contributed by atoms with van der Waals surface area (Å²) in [6.07, 6.45) is 0.623. The predicted molar refractivity (Wildman–Crippen MR) is 95.6 cm³/mol. The van der Waals surface area contributed by atoms with Crippen LogP contribution < -0.4 is 5.32 Å². The molecule has 0 bridgehead atoms. The van der Waals surface area contributed by atoms with E-state index in [0.717, 1.165) is 12.0 Å². The van der Waals surface area contributed by atoms with Crippen LogP contribution in [0.15, 0.2) is 22.7 Å². The second kappa shape index (κ2) is 9.13. The van der Waals surface area contributed by atoms with Crippen LogP contribution in [0, 0.1) is 0 Å². The number of aromatic hydroxyl groups is 1. The Labute approximate surface area is 147 Å². The third-order valence-corrected chi connectivity index (χ3v) is 3.68. The van der Waals surface area contributed by atoms with Crippen LogP contribution >= 0.6 is 15.9 Å². The van der Waals surface area contributed by atoms with Gasteiger partial charge in [-0.25, -0.2) is 4.79 Å². The molecule has 0 saturated carbocycles. The van der Waals surface area contributed by atoms with Gasteiger partial charge in [-0.2, -0.15) is 0 Å². The number of hydrogen-bond donors (Lipinski definition) is 2. The zero-order valence-electron chi connectivity index (χ0n) is 14.4. The smallest absolute Gasteiger partial charge is 0.410 e. The minimum atomic E-state index is -0.477. The molecule has 0 heterocycles. The Bertz CT molecular complexity index is 515. The molecule has 0 aliphatic carbocycles. The Morgan fingerprint density at radius 1 is 1.35 bits per heavy atom. The second-order valence-electron chi connectivity index (χ2n) is 6.43. The maximum atomic E-state index is 12.1. The number of carbonyl (C=O) groups is 1. The lowest BCUT2D eigenvalue weighted by Gasteiger charge is -2.27. The lowest BCUT2D eigenvalue weighted by molar-refractivity contribution is 0.0252. The summed E-state index contributed by atoms with van der Waals surface area (Å²) in [5.41, 5.74) is 0.587. The first-order chi connectivity index (χ1) is 10.7. The molecule has 0 unspecified atom stereocenters. The monoisotopic (exact) mass is 386 g/mol. The second-order valence-corrected chi connectivity index (χ2v) is 7.28. The van der Waals surface area contributed by atoms with Gasteiger partial charge < -0.3 is 20.1 Å². The van der Waals surface area contributed by atoms with Crippen molar-refractivity contribution in [3.05, 3.63) is 28.2 Å². The lowest BCUT2D eigenvalue weighted by atomic mass is 10.2. The predicted octanol–water partition coefficient (Wildman–Crippen LogP) is 3.89. The summed E-state index contributed by atoms with van der Waals surface area (Å²) < 4.78 is 6.10. The molecule has 1 rings (SSSR count). The standard InChI is InChI=1S/C17H27BrN2O3/c1-5-9-20(16(22)23-17(2,3)4)10-8-19-12-13-6-7-15(21)14(18)11-13/h6-7,11,19,21H,5,8-10,12H2,1-4H3. The first kappa shape index (κ1) is 19.8. The van der Waals surface area contributed by atoms with E-state index in [9.17, 15) is 9.90 Å². The van der Waals surface area contributed by atoms with Gasteiger partial charge in [-0.3, -0.25) is 0 Å². The molecular formula is C17H27BrN2O3. The molecule has 0 aliphatic rings. The van der Waals surface area contributed by atoms with Crippen molar-refractivity contribution in [3.8, 4) is 5.75 Å². The molecule has 0 spiro atoms. The molecule has 0 fully saturated rings. The van der Waals surface area contributed by atoms with Gasteiger partial charge in [0, 0.05) is 26.2 Å². The quantitative estimate of drug-likeness (QED) is 0.697. The normalized spacial score (nSPS) is 11.3. The third kappa shape index (κ3) is 7.70. The Balaban J connectivity index is 2.43. The van der Waals surface area contributed by atoms with Crippen LogP contribution in [0.25, 0.3) is 0 Å². The summed E-state index contributed by atoms with van der Waals surface area (Å²) in [4.78, 5) is 13.9. The molecule has 5 nitrogen and oxygen atoms in total. The SMILES string of the molecule is CCCN(CCNCc1ccc(O)c(Br)c1)C(=O)OC(C)(C)C. The molecule has 0 aromatic heterocycles. The highest BCUT2D eigenvalue weighted by Crippen LogP contribution is 2.24. The molecule has 0 saturated heterocycles. The number of halogens is 1. The van der Waals surface area contributed by atoms with Crippen LogP contribution in [0.4, 0.5) is 4.79 Å². The molecule has 0 radical (unpaired) electrons. The minimum Gasteiger partial charge on any atom is -0.507 e. The van der Waals surface area contributed by atoms with Gasteiger partial charge in [-0.05, 0) is 60.8 Å². The van der Waals surface area contributed by atoms with E-state index in [0.29, 0.717) is 30.7 Å². The average Bonchev–Trinajstić information content (AvgIpc) is 2.44. The number of benzene rings is 1. The topological polar surface area (TPSA) is 61.8 Å². The molecule has 1 aromatic carbocycles. The molecule has 1 aromatic rings. The summed E-state index contributed by atoms with van der Waals surface area (Å²) in [6, 6.07) is 5.40. The van der Waals surface area contributed by atoms with Crippen LogP contribution in [-0.2, 0) is 11.3 Å². The Kier molecular flexibility index (Phi) is 7.85. The van der Waals surface area contributed by atoms with Gasteiger partial charge in [0.1, 0.15) is 11.4 Å². The summed E-state index contributed by atoms with van der Waals surface area (Å²) >= 11 is 3.30. The van der Waals surface area contributed by atoms with Crippen LogP contribution in [0.2, 0.25) is 0 Å². The van der Waals surface area contributed by atoms with Crippen LogP contribution in [0.1, 0.15) is 39.7 Å². The van der Waals surface area contributed by atoms with E-state index < -0.39 is 5.60 Å². The van der Waals surface area contributed by atoms with Gasteiger partial charge >= 0.3 is 6.09 Å². The van der Waals surface area contributed by atoms with Gasteiger partial charge in [0.15, 0.2) is 0 Å². The number of hydrogen-bond acceptors (Lipinski definition) is 4. The molecule has 1 amide bonds. The van der Waals surface area contributed by atoms with Crippen molar-refractivity contribution in [1.29, 1.82) is 0 Å². The summed E-state index contributed by atoms with van der Waals surface area (Å²) in [6.45, 7) is 10.3. The van der Waals surface area contributed by atoms with Crippen LogP contribution in [0.3, 0.4) is 0 Å². The highest BCUT2D eigenvalue weighted by Gasteiger charge is 2.21. The zero-order chi connectivity index (χ0) is 17.5. The fraction of sp³-hybridized carbons (Fsp3) is 0.588. The summed E-state index contributed by atoms with van der Waals surface area (Å²) in [5.74, 6) is 0.229. The Hall–Kier alpha value is -1.27. The molecule has 2 N–H and O–H groups in total. The van der Waals surface area contributed by atoms with Gasteiger partial charge in [0.2, 0.25) is 0 Å². The largest absolute Gasteiger partial charge is 0.507 e. The number of amides is 1. The first-order valence-corrected chi connectivity index (χ1v) is 8.68. The Morgan fingerprint density at radius 3 is 2.61 bits per heavy atom. The lowest BCUT2D eigenvalue weighted by Crippen LogP contribution is -2.40. The van der Waals surface area contributed by atoms with Crippen LogP contribution in [0.5, 0.6) is 5.75 Å². The summed E-state index contributed by atoms with van der Waals surface area (Å²) in [7, 11) is 0. The fourth-order valence-corrected chi connectivity index (χ4v) is 2.42. The average molecular weight is 387 g/mol. The van der Waals surface area contributed by atoms with Crippen molar-refractivity contribution in [2.45, 2.75) is 46.3 Å². The number of rotatable bonds is 7. The van der Waals surface area contributed by atoms with Crippen molar-refractivity contribution in [2.24, 2.45) is 0 Å². The van der Waals surface area contributed by atoms with E-state index in [4.69, 9.17) is 4.74 Å². The van der Waals surface area contributed by atoms with E-state index in [1.165, 1.54) is 0 Å². The van der Waals surface area contributed by atoms with Gasteiger partial charge in [0.05, 0.1) is 4.47 Å². The van der Waals surface area contributed by atoms with Crippen molar-refractivity contribution < 1.29 is 14.6 Å². The summed E-state index contributed by atoms with van der Waals surface area (Å²) in [5, 5.41) is 12.8. The van der Waals surface area contributed by atoms with Gasteiger partial charge in [-0.15, -0.1) is 0 Å². The Morgan fingerprint density at radius 2 is 2.04 bits per heavy atom. The number of ether oxygens (including phenoxy) is 1. The minimum absolute atomic E-state index is 0.229. The van der Waals surface area contributed by atoms with Crippen molar-refractivity contribution >= 4 is 22.0 Å². The van der Waals surface area contributed by atoms with Gasteiger partial charge in [-0.1, -0.05) is 13.0 Å². The highest BCUT2D eigenvalue weighted by atomic mass is 79.9. The number of nitrogens with one attached hydrogen (secondary N) is 1. The van der Waals surface area contributed by atoms with Crippen molar-refractivity contribution in [1.82, 2.24) is 10.2 Å². The van der Waals surface area contributed by atoms with Gasteiger partial charge in [0.25, 0.3) is 0 Å². The zero-order valence-corrected chi connectivity index (χ0v) is 15.9. The van der Waals surface area contributed by atoms with Crippen molar-refractivity contribution in [2.75, 3.05) is 19.6 Å². The molecule has 6 heteroatoms. The third-order valence-electron chi connectivity index (χ3n) is 3.04. The van der Waals surface area contributed by atoms with Crippen LogP contribution in [-0.4, -0.2) is 41.3 Å². The van der Waals surface area contributed by atoms with E-state index in [1.54, 1.807) is 11.0 Å². The molecule has 0 aliphatic heterocycles.